The highest BCUT2D eigenvalue weighted by Crippen LogP contribution is 2.28. The SMILES string of the molecule is COCCN(C(=O)CCc1ccc(OC)c(OC)c1)c1c(N)n(CC(C)C)c(=O)[nH]c1=O. The summed E-state index contributed by atoms with van der Waals surface area (Å²) in [7, 11) is 4.59. The molecule has 176 valence electrons. The Bertz CT molecular complexity index is 1040. The van der Waals surface area contributed by atoms with E-state index in [-0.39, 0.29) is 42.9 Å². The summed E-state index contributed by atoms with van der Waals surface area (Å²) in [6, 6.07) is 5.42. The Hall–Kier alpha value is -3.27. The molecule has 1 aromatic carbocycles. The Balaban J connectivity index is 2.35. The second-order valence-electron chi connectivity index (χ2n) is 7.73. The smallest absolute Gasteiger partial charge is 0.330 e. The topological polar surface area (TPSA) is 129 Å². The van der Waals surface area contributed by atoms with E-state index < -0.39 is 11.2 Å². The molecule has 0 saturated carbocycles. The van der Waals surface area contributed by atoms with Gasteiger partial charge < -0.3 is 24.8 Å². The first-order chi connectivity index (χ1) is 15.2. The molecule has 10 heteroatoms. The van der Waals surface area contributed by atoms with E-state index >= 15 is 0 Å². The standard InChI is InChI=1S/C22H32N4O6/c1-14(2)13-26-20(23)19(21(28)24-22(26)29)25(10-11-30-3)18(27)9-7-15-6-8-16(31-4)17(12-15)32-5/h6,8,12,14H,7,9-11,13,23H2,1-5H3,(H,24,28,29). The van der Waals surface area contributed by atoms with Crippen molar-refractivity contribution in [1.82, 2.24) is 9.55 Å². The highest BCUT2D eigenvalue weighted by molar-refractivity contribution is 5.95. The zero-order valence-electron chi connectivity index (χ0n) is 19.3. The first-order valence-corrected chi connectivity index (χ1v) is 10.4. The summed E-state index contributed by atoms with van der Waals surface area (Å²) >= 11 is 0. The van der Waals surface area contributed by atoms with Crippen LogP contribution in [0.2, 0.25) is 0 Å². The number of amides is 1. The Morgan fingerprint density at radius 1 is 1.16 bits per heavy atom. The van der Waals surface area contributed by atoms with Gasteiger partial charge in [0.05, 0.1) is 20.8 Å². The molecule has 0 aliphatic rings. The maximum absolute atomic E-state index is 13.1. The second kappa shape index (κ2) is 11.4. The molecule has 3 N–H and O–H groups in total. The number of aryl methyl sites for hydroxylation is 1. The zero-order chi connectivity index (χ0) is 23.8. The number of aromatic nitrogens is 2. The van der Waals surface area contributed by atoms with Gasteiger partial charge in [-0.3, -0.25) is 19.1 Å². The van der Waals surface area contributed by atoms with Crippen molar-refractivity contribution in [2.45, 2.75) is 33.2 Å². The highest BCUT2D eigenvalue weighted by Gasteiger charge is 2.24. The molecule has 0 unspecified atom stereocenters. The number of nitrogen functional groups attached to an aromatic ring is 1. The minimum Gasteiger partial charge on any atom is -0.493 e. The lowest BCUT2D eigenvalue weighted by Gasteiger charge is -2.25. The Labute approximate surface area is 186 Å². The molecule has 2 aromatic rings. The van der Waals surface area contributed by atoms with Gasteiger partial charge in [0.25, 0.3) is 5.56 Å². The molecule has 0 bridgehead atoms. The van der Waals surface area contributed by atoms with Crippen LogP contribution in [-0.4, -0.2) is 49.9 Å². The lowest BCUT2D eigenvalue weighted by atomic mass is 10.1. The molecule has 0 aliphatic carbocycles. The number of ether oxygens (including phenoxy) is 3. The summed E-state index contributed by atoms with van der Waals surface area (Å²) in [5.74, 6) is 0.917. The third kappa shape index (κ3) is 5.91. The maximum atomic E-state index is 13.1. The molecule has 1 amide bonds. The van der Waals surface area contributed by atoms with Gasteiger partial charge in [-0.25, -0.2) is 4.79 Å². The number of rotatable bonds is 11. The van der Waals surface area contributed by atoms with Crippen molar-refractivity contribution in [2.75, 3.05) is 45.1 Å². The molecule has 0 fully saturated rings. The first-order valence-electron chi connectivity index (χ1n) is 10.4. The molecule has 0 aliphatic heterocycles. The van der Waals surface area contributed by atoms with E-state index in [1.807, 2.05) is 19.9 Å². The molecule has 1 heterocycles. The van der Waals surface area contributed by atoms with E-state index in [0.717, 1.165) is 5.56 Å². The van der Waals surface area contributed by atoms with Crippen LogP contribution in [0.5, 0.6) is 11.5 Å². The number of benzene rings is 1. The van der Waals surface area contributed by atoms with Gasteiger partial charge >= 0.3 is 5.69 Å². The number of carbonyl (C=O) groups is 1. The molecular weight excluding hydrogens is 416 g/mol. The number of hydrogen-bond donors (Lipinski definition) is 2. The number of methoxy groups -OCH3 is 3. The quantitative estimate of drug-likeness (QED) is 0.532. The first kappa shape index (κ1) is 25.0. The number of H-pyrrole nitrogens is 1. The van der Waals surface area contributed by atoms with E-state index in [2.05, 4.69) is 4.98 Å². The van der Waals surface area contributed by atoms with E-state index in [4.69, 9.17) is 19.9 Å². The van der Waals surface area contributed by atoms with E-state index in [1.165, 1.54) is 16.6 Å². The Morgan fingerprint density at radius 3 is 2.44 bits per heavy atom. The summed E-state index contributed by atoms with van der Waals surface area (Å²) in [5, 5.41) is 0. The molecular formula is C22H32N4O6. The van der Waals surface area contributed by atoms with Crippen LogP contribution in [-0.2, 0) is 22.5 Å². The van der Waals surface area contributed by atoms with Crippen molar-refractivity contribution < 1.29 is 19.0 Å². The summed E-state index contributed by atoms with van der Waals surface area (Å²) in [4.78, 5) is 41.6. The largest absolute Gasteiger partial charge is 0.493 e. The van der Waals surface area contributed by atoms with Gasteiger partial charge in [-0.15, -0.1) is 0 Å². The molecule has 0 atom stereocenters. The lowest BCUT2D eigenvalue weighted by molar-refractivity contribution is -0.118. The number of hydrogen-bond acceptors (Lipinski definition) is 7. The van der Waals surface area contributed by atoms with E-state index in [1.54, 1.807) is 26.4 Å². The van der Waals surface area contributed by atoms with Gasteiger partial charge in [0.1, 0.15) is 5.82 Å². The number of nitrogens with two attached hydrogens (primary N) is 1. The van der Waals surface area contributed by atoms with Crippen molar-refractivity contribution in [3.05, 3.63) is 44.6 Å². The monoisotopic (exact) mass is 448 g/mol. The minimum atomic E-state index is -0.705. The van der Waals surface area contributed by atoms with Crippen LogP contribution in [0.1, 0.15) is 25.8 Å². The van der Waals surface area contributed by atoms with Gasteiger partial charge in [-0.2, -0.15) is 0 Å². The average molecular weight is 449 g/mol. The Kier molecular flexibility index (Phi) is 8.89. The van der Waals surface area contributed by atoms with Gasteiger partial charge in [0.15, 0.2) is 17.2 Å². The third-order valence-corrected chi connectivity index (χ3v) is 4.93. The number of anilines is 2. The van der Waals surface area contributed by atoms with Gasteiger partial charge in [-0.05, 0) is 30.0 Å². The van der Waals surface area contributed by atoms with Crippen LogP contribution in [0.25, 0.3) is 0 Å². The van der Waals surface area contributed by atoms with Crippen LogP contribution in [0.4, 0.5) is 11.5 Å². The average Bonchev–Trinajstić information content (AvgIpc) is 2.76. The summed E-state index contributed by atoms with van der Waals surface area (Å²) < 4.78 is 16.9. The number of nitrogens with zero attached hydrogens (tertiary/aromatic N) is 2. The fraction of sp³-hybridized carbons (Fsp3) is 0.500. The highest BCUT2D eigenvalue weighted by atomic mass is 16.5. The molecule has 2 rings (SSSR count). The summed E-state index contributed by atoms with van der Waals surface area (Å²) in [6.45, 7) is 4.48. The van der Waals surface area contributed by atoms with Crippen LogP contribution in [0.15, 0.2) is 27.8 Å². The van der Waals surface area contributed by atoms with E-state index in [9.17, 15) is 14.4 Å². The van der Waals surface area contributed by atoms with Crippen LogP contribution in [0.3, 0.4) is 0 Å². The van der Waals surface area contributed by atoms with Gasteiger partial charge in [0.2, 0.25) is 5.91 Å². The molecule has 1 aromatic heterocycles. The predicted octanol–water partition coefficient (Wildman–Crippen LogP) is 1.40. The minimum absolute atomic E-state index is 0.0389. The molecule has 0 spiro atoms. The van der Waals surface area contributed by atoms with Crippen LogP contribution >= 0.6 is 0 Å². The molecule has 10 nitrogen and oxygen atoms in total. The predicted molar refractivity (Wildman–Crippen MR) is 123 cm³/mol. The van der Waals surface area contributed by atoms with Crippen molar-refractivity contribution in [1.29, 1.82) is 0 Å². The fourth-order valence-electron chi connectivity index (χ4n) is 3.35. The van der Waals surface area contributed by atoms with E-state index in [0.29, 0.717) is 24.5 Å². The normalized spacial score (nSPS) is 10.9. The number of aromatic amines is 1. The second-order valence-corrected chi connectivity index (χ2v) is 7.73. The van der Waals surface area contributed by atoms with Crippen LogP contribution < -0.4 is 31.4 Å². The van der Waals surface area contributed by atoms with Crippen LogP contribution in [0, 0.1) is 5.92 Å². The number of nitrogens with one attached hydrogen (secondary N) is 1. The summed E-state index contributed by atoms with van der Waals surface area (Å²) in [6.07, 6.45) is 0.521. The summed E-state index contributed by atoms with van der Waals surface area (Å²) in [5.41, 5.74) is 5.72. The third-order valence-electron chi connectivity index (χ3n) is 4.93. The van der Waals surface area contributed by atoms with Crippen molar-refractivity contribution >= 4 is 17.4 Å². The lowest BCUT2D eigenvalue weighted by Crippen LogP contribution is -2.43. The fourth-order valence-corrected chi connectivity index (χ4v) is 3.35. The molecule has 0 radical (unpaired) electrons. The molecule has 0 saturated heterocycles. The van der Waals surface area contributed by atoms with Crippen molar-refractivity contribution in [2.24, 2.45) is 5.92 Å². The zero-order valence-corrected chi connectivity index (χ0v) is 19.3. The maximum Gasteiger partial charge on any atom is 0.330 e. The van der Waals surface area contributed by atoms with Gasteiger partial charge in [-0.1, -0.05) is 19.9 Å². The van der Waals surface area contributed by atoms with Crippen molar-refractivity contribution in [3.63, 3.8) is 0 Å². The Morgan fingerprint density at radius 2 is 1.84 bits per heavy atom. The van der Waals surface area contributed by atoms with Gasteiger partial charge in [0, 0.05) is 26.6 Å². The van der Waals surface area contributed by atoms with Crippen molar-refractivity contribution in [3.8, 4) is 11.5 Å². The number of carbonyl (C=O) groups excluding carboxylic acids is 1. The molecule has 32 heavy (non-hydrogen) atoms.